The monoisotopic (exact) mass is 235 g/mol. The Morgan fingerprint density at radius 3 is 3.06 bits per heavy atom. The van der Waals surface area contributed by atoms with Crippen LogP contribution in [0.2, 0.25) is 0 Å². The molecule has 4 nitrogen and oxygen atoms in total. The Kier molecular flexibility index (Phi) is 3.24. The van der Waals surface area contributed by atoms with E-state index in [2.05, 4.69) is 10.2 Å². The molecule has 2 aromatic rings. The van der Waals surface area contributed by atoms with Crippen molar-refractivity contribution in [3.63, 3.8) is 0 Å². The number of ketones is 1. The zero-order valence-electron chi connectivity index (χ0n) is 9.25. The second-order valence-corrected chi connectivity index (χ2v) is 5.15. The van der Waals surface area contributed by atoms with Crippen LogP contribution in [0, 0.1) is 0 Å². The summed E-state index contributed by atoms with van der Waals surface area (Å²) in [7, 11) is 0. The first-order chi connectivity index (χ1) is 7.66. The molecule has 84 valence electrons. The van der Waals surface area contributed by atoms with Crippen molar-refractivity contribution >= 4 is 23.2 Å². The van der Waals surface area contributed by atoms with E-state index in [9.17, 15) is 4.79 Å². The number of rotatable bonds is 4. The number of nitrogens with zero attached hydrogens (tertiary/aromatic N) is 3. The Morgan fingerprint density at radius 1 is 1.50 bits per heavy atom. The van der Waals surface area contributed by atoms with E-state index in [0.29, 0.717) is 6.42 Å². The third-order valence-corrected chi connectivity index (χ3v) is 3.22. The predicted octanol–water partition coefficient (Wildman–Crippen LogP) is 2.19. The minimum atomic E-state index is 0.203. The highest BCUT2D eigenvalue weighted by atomic mass is 32.2. The van der Waals surface area contributed by atoms with Gasteiger partial charge in [0.2, 0.25) is 0 Å². The summed E-state index contributed by atoms with van der Waals surface area (Å²) < 4.78 is 1.93. The number of carbonyl (C=O) groups excluding carboxylic acids is 1. The number of carbonyl (C=O) groups is 1. The van der Waals surface area contributed by atoms with E-state index in [1.165, 1.54) is 0 Å². The molecule has 5 heteroatoms. The Morgan fingerprint density at radius 2 is 2.31 bits per heavy atom. The first-order valence-electron chi connectivity index (χ1n) is 5.12. The van der Waals surface area contributed by atoms with Crippen molar-refractivity contribution in [1.82, 2.24) is 14.6 Å². The van der Waals surface area contributed by atoms with Gasteiger partial charge in [-0.3, -0.25) is 9.20 Å². The van der Waals surface area contributed by atoms with Gasteiger partial charge in [0.1, 0.15) is 5.78 Å². The normalized spacial score (nSPS) is 12.9. The highest BCUT2D eigenvalue weighted by Gasteiger charge is 2.11. The second kappa shape index (κ2) is 4.65. The zero-order chi connectivity index (χ0) is 11.5. The van der Waals surface area contributed by atoms with E-state index in [-0.39, 0.29) is 11.0 Å². The van der Waals surface area contributed by atoms with E-state index in [1.54, 1.807) is 18.7 Å². The molecule has 0 amide bonds. The Hall–Kier alpha value is -1.36. The molecule has 2 rings (SSSR count). The van der Waals surface area contributed by atoms with Gasteiger partial charge < -0.3 is 0 Å². The number of thioether (sulfide) groups is 1. The van der Waals surface area contributed by atoms with Crippen molar-refractivity contribution in [1.29, 1.82) is 0 Å². The third-order valence-electron chi connectivity index (χ3n) is 2.16. The zero-order valence-corrected chi connectivity index (χ0v) is 10.1. The summed E-state index contributed by atoms with van der Waals surface area (Å²) in [6, 6.07) is 5.78. The summed E-state index contributed by atoms with van der Waals surface area (Å²) >= 11 is 1.58. The molecule has 0 aromatic carbocycles. The molecule has 0 aliphatic carbocycles. The quantitative estimate of drug-likeness (QED) is 0.762. The Bertz CT molecular complexity index is 509. The standard InChI is InChI=1S/C11H13N3OS/c1-8(15)7-9(2)16-11-13-12-10-5-3-4-6-14(10)11/h3-6,9H,7H2,1-2H3. The van der Waals surface area contributed by atoms with Gasteiger partial charge in [0.25, 0.3) is 0 Å². The van der Waals surface area contributed by atoms with Crippen LogP contribution in [0.25, 0.3) is 5.65 Å². The van der Waals surface area contributed by atoms with Crippen molar-refractivity contribution < 1.29 is 4.79 Å². The fourth-order valence-electron chi connectivity index (χ4n) is 1.53. The van der Waals surface area contributed by atoms with Crippen LogP contribution in [0.15, 0.2) is 29.6 Å². The van der Waals surface area contributed by atoms with Crippen LogP contribution in [0.1, 0.15) is 20.3 Å². The highest BCUT2D eigenvalue weighted by Crippen LogP contribution is 2.23. The average molecular weight is 235 g/mol. The smallest absolute Gasteiger partial charge is 0.195 e. The molecule has 2 aromatic heterocycles. The fraction of sp³-hybridized carbons (Fsp3) is 0.364. The number of hydrogen-bond donors (Lipinski definition) is 0. The van der Waals surface area contributed by atoms with Crippen molar-refractivity contribution in [3.05, 3.63) is 24.4 Å². The average Bonchev–Trinajstić information content (AvgIpc) is 2.61. The first kappa shape index (κ1) is 11.1. The number of Topliss-reactive ketones (excluding diaryl/α,β-unsaturated/α-hetero) is 1. The van der Waals surface area contributed by atoms with Crippen LogP contribution in [0.3, 0.4) is 0 Å². The molecule has 0 spiro atoms. The summed E-state index contributed by atoms with van der Waals surface area (Å²) in [6.45, 7) is 3.63. The summed E-state index contributed by atoms with van der Waals surface area (Å²) in [6.07, 6.45) is 2.49. The largest absolute Gasteiger partial charge is 0.300 e. The summed E-state index contributed by atoms with van der Waals surface area (Å²) in [5.41, 5.74) is 0.833. The molecule has 16 heavy (non-hydrogen) atoms. The van der Waals surface area contributed by atoms with Crippen molar-refractivity contribution in [2.45, 2.75) is 30.7 Å². The van der Waals surface area contributed by atoms with E-state index in [1.807, 2.05) is 35.7 Å². The molecule has 2 heterocycles. The number of pyridine rings is 1. The van der Waals surface area contributed by atoms with Gasteiger partial charge in [0, 0.05) is 17.9 Å². The van der Waals surface area contributed by atoms with Crippen LogP contribution >= 0.6 is 11.8 Å². The predicted molar refractivity (Wildman–Crippen MR) is 63.6 cm³/mol. The molecule has 1 atom stereocenters. The maximum atomic E-state index is 11.0. The lowest BCUT2D eigenvalue weighted by molar-refractivity contribution is -0.116. The highest BCUT2D eigenvalue weighted by molar-refractivity contribution is 7.99. The first-order valence-corrected chi connectivity index (χ1v) is 6.00. The molecule has 0 radical (unpaired) electrons. The molecular formula is C11H13N3OS. The van der Waals surface area contributed by atoms with Crippen LogP contribution in [-0.2, 0) is 4.79 Å². The lowest BCUT2D eigenvalue weighted by Gasteiger charge is -2.06. The van der Waals surface area contributed by atoms with Gasteiger partial charge in [-0.2, -0.15) is 0 Å². The SMILES string of the molecule is CC(=O)CC(C)Sc1nnc2ccccn12. The number of aromatic nitrogens is 3. The van der Waals surface area contributed by atoms with Gasteiger partial charge in [-0.05, 0) is 19.1 Å². The molecule has 1 unspecified atom stereocenters. The second-order valence-electron chi connectivity index (χ2n) is 3.75. The molecular weight excluding hydrogens is 222 g/mol. The van der Waals surface area contributed by atoms with Gasteiger partial charge in [-0.25, -0.2) is 0 Å². The maximum absolute atomic E-state index is 11.0. The molecule has 0 saturated heterocycles. The van der Waals surface area contributed by atoms with Crippen LogP contribution in [0.5, 0.6) is 0 Å². The van der Waals surface area contributed by atoms with Gasteiger partial charge in [-0.15, -0.1) is 10.2 Å². The number of fused-ring (bicyclic) bond motifs is 1. The summed E-state index contributed by atoms with van der Waals surface area (Å²) in [4.78, 5) is 11.0. The van der Waals surface area contributed by atoms with Crippen LogP contribution in [0.4, 0.5) is 0 Å². The van der Waals surface area contributed by atoms with E-state index < -0.39 is 0 Å². The van der Waals surface area contributed by atoms with Gasteiger partial charge >= 0.3 is 0 Å². The Labute approximate surface area is 98.1 Å². The van der Waals surface area contributed by atoms with Gasteiger partial charge in [-0.1, -0.05) is 24.8 Å². The minimum absolute atomic E-state index is 0.203. The van der Waals surface area contributed by atoms with Crippen LogP contribution < -0.4 is 0 Å². The van der Waals surface area contributed by atoms with E-state index in [4.69, 9.17) is 0 Å². The molecule has 0 aliphatic rings. The molecule has 0 N–H and O–H groups in total. The van der Waals surface area contributed by atoms with Crippen molar-refractivity contribution in [3.8, 4) is 0 Å². The molecule has 0 saturated carbocycles. The lowest BCUT2D eigenvalue weighted by Crippen LogP contribution is -2.04. The minimum Gasteiger partial charge on any atom is -0.300 e. The number of hydrogen-bond acceptors (Lipinski definition) is 4. The molecule has 0 fully saturated rings. The van der Waals surface area contributed by atoms with Crippen molar-refractivity contribution in [2.75, 3.05) is 0 Å². The van der Waals surface area contributed by atoms with Gasteiger partial charge in [0.05, 0.1) is 0 Å². The lowest BCUT2D eigenvalue weighted by atomic mass is 10.2. The van der Waals surface area contributed by atoms with Crippen molar-refractivity contribution in [2.24, 2.45) is 0 Å². The van der Waals surface area contributed by atoms with Gasteiger partial charge in [0.15, 0.2) is 10.8 Å². The summed E-state index contributed by atoms with van der Waals surface area (Å²) in [5, 5.41) is 9.23. The summed E-state index contributed by atoms with van der Waals surface area (Å²) in [5.74, 6) is 0.203. The van der Waals surface area contributed by atoms with Crippen LogP contribution in [-0.4, -0.2) is 25.6 Å². The third kappa shape index (κ3) is 2.41. The maximum Gasteiger partial charge on any atom is 0.195 e. The molecule has 0 bridgehead atoms. The Balaban J connectivity index is 2.18. The topological polar surface area (TPSA) is 47.3 Å². The van der Waals surface area contributed by atoms with E-state index >= 15 is 0 Å². The molecule has 0 aliphatic heterocycles. The fourth-order valence-corrected chi connectivity index (χ4v) is 2.56. The van der Waals surface area contributed by atoms with E-state index in [0.717, 1.165) is 10.8 Å².